The predicted molar refractivity (Wildman–Crippen MR) is 53.5 cm³/mol. The molecule has 0 amide bonds. The van der Waals surface area contributed by atoms with Crippen LogP contribution in [-0.4, -0.2) is 40.5 Å². The van der Waals surface area contributed by atoms with Gasteiger partial charge in [-0.2, -0.15) is 0 Å². The summed E-state index contributed by atoms with van der Waals surface area (Å²) in [7, 11) is 1.39. The number of hydrogen-bond donors (Lipinski definition) is 3. The lowest BCUT2D eigenvalue weighted by Crippen LogP contribution is -2.33. The van der Waals surface area contributed by atoms with Crippen molar-refractivity contribution in [2.75, 3.05) is 7.11 Å². The van der Waals surface area contributed by atoms with E-state index in [2.05, 4.69) is 5.16 Å². The largest absolute Gasteiger partial charge is 0.480 e. The average molecular weight is 244 g/mol. The maximum Gasteiger partial charge on any atom is 0.358 e. The minimum absolute atomic E-state index is 0.00194. The number of hydrogen-bond acceptors (Lipinski definition) is 6. The van der Waals surface area contributed by atoms with Crippen LogP contribution in [0.1, 0.15) is 21.8 Å². The monoisotopic (exact) mass is 244 g/mol. The van der Waals surface area contributed by atoms with Crippen molar-refractivity contribution in [1.29, 1.82) is 0 Å². The highest BCUT2D eigenvalue weighted by atomic mass is 16.5. The van der Waals surface area contributed by atoms with Gasteiger partial charge < -0.3 is 25.2 Å². The summed E-state index contributed by atoms with van der Waals surface area (Å²) in [5.74, 6) is -2.36. The van der Waals surface area contributed by atoms with Gasteiger partial charge in [0, 0.05) is 19.1 Å². The van der Waals surface area contributed by atoms with E-state index < -0.39 is 18.0 Å². The van der Waals surface area contributed by atoms with Crippen LogP contribution in [0.2, 0.25) is 0 Å². The number of carbonyl (C=O) groups is 2. The average Bonchev–Trinajstić information content (AvgIpc) is 2.62. The Morgan fingerprint density at radius 1 is 1.53 bits per heavy atom. The first-order valence-electron chi connectivity index (χ1n) is 4.65. The summed E-state index contributed by atoms with van der Waals surface area (Å²) in [5, 5.41) is 20.9. The van der Waals surface area contributed by atoms with E-state index in [1.807, 2.05) is 0 Å². The van der Waals surface area contributed by atoms with Gasteiger partial charge in [0.1, 0.15) is 12.6 Å². The summed E-state index contributed by atoms with van der Waals surface area (Å²) >= 11 is 0. The SMILES string of the molecule is COCc1onc(C(=O)O)c1C[C@H](N)C(=O)O. The van der Waals surface area contributed by atoms with Gasteiger partial charge in [-0.15, -0.1) is 0 Å². The van der Waals surface area contributed by atoms with Gasteiger partial charge >= 0.3 is 11.9 Å². The van der Waals surface area contributed by atoms with Gasteiger partial charge in [0.2, 0.25) is 0 Å². The van der Waals surface area contributed by atoms with Crippen molar-refractivity contribution in [3.63, 3.8) is 0 Å². The van der Waals surface area contributed by atoms with Crippen LogP contribution in [0.5, 0.6) is 0 Å². The van der Waals surface area contributed by atoms with E-state index in [0.717, 1.165) is 0 Å². The van der Waals surface area contributed by atoms with Crippen molar-refractivity contribution >= 4 is 11.9 Å². The maximum atomic E-state index is 10.8. The molecule has 0 unspecified atom stereocenters. The summed E-state index contributed by atoms with van der Waals surface area (Å²) in [6, 6.07) is -1.22. The number of ether oxygens (including phenoxy) is 1. The molecular weight excluding hydrogens is 232 g/mol. The number of aliphatic carboxylic acids is 1. The molecule has 8 nitrogen and oxygen atoms in total. The molecule has 0 radical (unpaired) electrons. The van der Waals surface area contributed by atoms with Crippen LogP contribution < -0.4 is 5.73 Å². The fourth-order valence-electron chi connectivity index (χ4n) is 1.27. The molecule has 0 spiro atoms. The van der Waals surface area contributed by atoms with E-state index in [-0.39, 0.29) is 30.0 Å². The Morgan fingerprint density at radius 2 is 2.18 bits per heavy atom. The summed E-state index contributed by atoms with van der Waals surface area (Å²) in [5.41, 5.74) is 5.15. The Hall–Kier alpha value is -1.93. The smallest absolute Gasteiger partial charge is 0.358 e. The van der Waals surface area contributed by atoms with Crippen LogP contribution in [-0.2, 0) is 22.6 Å². The number of nitrogens with zero attached hydrogens (tertiary/aromatic N) is 1. The first-order chi connectivity index (χ1) is 7.97. The number of nitrogens with two attached hydrogens (primary N) is 1. The number of rotatable bonds is 6. The van der Waals surface area contributed by atoms with E-state index in [1.165, 1.54) is 7.11 Å². The van der Waals surface area contributed by atoms with Gasteiger partial charge in [0.05, 0.1) is 0 Å². The lowest BCUT2D eigenvalue weighted by molar-refractivity contribution is -0.138. The van der Waals surface area contributed by atoms with Crippen molar-refractivity contribution in [2.45, 2.75) is 19.1 Å². The normalized spacial score (nSPS) is 12.4. The van der Waals surface area contributed by atoms with Gasteiger partial charge in [-0.1, -0.05) is 5.16 Å². The number of carboxylic acid groups (broad SMARTS) is 2. The Labute approximate surface area is 96.0 Å². The van der Waals surface area contributed by atoms with E-state index in [9.17, 15) is 9.59 Å². The molecule has 8 heteroatoms. The molecule has 4 N–H and O–H groups in total. The van der Waals surface area contributed by atoms with Gasteiger partial charge in [-0.25, -0.2) is 4.79 Å². The molecule has 1 heterocycles. The second kappa shape index (κ2) is 5.41. The van der Waals surface area contributed by atoms with Crippen molar-refractivity contribution in [1.82, 2.24) is 5.16 Å². The van der Waals surface area contributed by atoms with Crippen LogP contribution >= 0.6 is 0 Å². The highest BCUT2D eigenvalue weighted by Crippen LogP contribution is 2.17. The van der Waals surface area contributed by atoms with Crippen LogP contribution in [0, 0.1) is 0 Å². The Bertz CT molecular complexity index is 427. The fourth-order valence-corrected chi connectivity index (χ4v) is 1.27. The molecule has 0 fully saturated rings. The second-order valence-corrected chi connectivity index (χ2v) is 3.32. The molecule has 17 heavy (non-hydrogen) atoms. The summed E-state index contributed by atoms with van der Waals surface area (Å²) in [6.07, 6.45) is -0.181. The third-order valence-corrected chi connectivity index (χ3v) is 2.09. The predicted octanol–water partition coefficient (Wildman–Crippen LogP) is -0.526. The lowest BCUT2D eigenvalue weighted by Gasteiger charge is -2.06. The molecule has 1 atom stereocenters. The summed E-state index contributed by atoms with van der Waals surface area (Å²) < 4.78 is 9.56. The molecule has 0 aromatic carbocycles. The highest BCUT2D eigenvalue weighted by molar-refractivity contribution is 5.87. The van der Waals surface area contributed by atoms with Gasteiger partial charge in [-0.05, 0) is 0 Å². The van der Waals surface area contributed by atoms with Gasteiger partial charge in [-0.3, -0.25) is 4.79 Å². The molecule has 94 valence electrons. The van der Waals surface area contributed by atoms with Gasteiger partial charge in [0.25, 0.3) is 0 Å². The highest BCUT2D eigenvalue weighted by Gasteiger charge is 2.25. The van der Waals surface area contributed by atoms with Crippen molar-refractivity contribution < 1.29 is 29.1 Å². The molecule has 0 saturated carbocycles. The first-order valence-corrected chi connectivity index (χ1v) is 4.65. The number of aromatic carboxylic acids is 1. The minimum Gasteiger partial charge on any atom is -0.480 e. The second-order valence-electron chi connectivity index (χ2n) is 3.32. The number of carboxylic acids is 2. The van der Waals surface area contributed by atoms with E-state index in [4.69, 9.17) is 25.2 Å². The molecule has 1 aromatic heterocycles. The molecule has 0 aliphatic carbocycles. The van der Waals surface area contributed by atoms with Crippen molar-refractivity contribution in [3.8, 4) is 0 Å². The molecule has 1 rings (SSSR count). The summed E-state index contributed by atoms with van der Waals surface area (Å²) in [4.78, 5) is 21.5. The standard InChI is InChI=1S/C9H12N2O6/c1-16-3-6-4(2-5(10)8(12)13)7(9(14)15)11-17-6/h5H,2-3,10H2,1H3,(H,12,13)(H,14,15)/t5-/m0/s1. The fraction of sp³-hybridized carbons (Fsp3) is 0.444. The molecule has 1 aromatic rings. The van der Waals surface area contributed by atoms with Crippen LogP contribution in [0.3, 0.4) is 0 Å². The molecule has 0 aliphatic rings. The van der Waals surface area contributed by atoms with E-state index >= 15 is 0 Å². The Morgan fingerprint density at radius 3 is 2.65 bits per heavy atom. The van der Waals surface area contributed by atoms with Crippen LogP contribution in [0.4, 0.5) is 0 Å². The lowest BCUT2D eigenvalue weighted by atomic mass is 10.0. The van der Waals surface area contributed by atoms with Crippen molar-refractivity contribution in [2.24, 2.45) is 5.73 Å². The first kappa shape index (κ1) is 13.1. The van der Waals surface area contributed by atoms with E-state index in [1.54, 1.807) is 0 Å². The Balaban J connectivity index is 3.03. The molecule has 0 bridgehead atoms. The molecule has 0 aliphatic heterocycles. The third kappa shape index (κ3) is 3.02. The zero-order valence-electron chi connectivity index (χ0n) is 9.04. The minimum atomic E-state index is -1.30. The van der Waals surface area contributed by atoms with Gasteiger partial charge in [0.15, 0.2) is 11.5 Å². The zero-order valence-corrected chi connectivity index (χ0v) is 9.04. The number of aromatic nitrogens is 1. The van der Waals surface area contributed by atoms with E-state index in [0.29, 0.717) is 0 Å². The number of methoxy groups -OCH3 is 1. The van der Waals surface area contributed by atoms with Crippen LogP contribution in [0.15, 0.2) is 4.52 Å². The Kier molecular flexibility index (Phi) is 4.18. The molecule has 0 saturated heterocycles. The topological polar surface area (TPSA) is 136 Å². The van der Waals surface area contributed by atoms with Crippen molar-refractivity contribution in [3.05, 3.63) is 17.0 Å². The van der Waals surface area contributed by atoms with Crippen LogP contribution in [0.25, 0.3) is 0 Å². The summed E-state index contributed by atoms with van der Waals surface area (Å²) in [6.45, 7) is 0.00194. The third-order valence-electron chi connectivity index (χ3n) is 2.09. The quantitative estimate of drug-likeness (QED) is 0.607. The zero-order chi connectivity index (χ0) is 13.0. The molecular formula is C9H12N2O6. The maximum absolute atomic E-state index is 10.8.